The van der Waals surface area contributed by atoms with E-state index in [1.165, 1.54) is 11.3 Å². The molecule has 0 atom stereocenters. The number of rotatable bonds is 5. The second kappa shape index (κ2) is 7.55. The summed E-state index contributed by atoms with van der Waals surface area (Å²) in [6.07, 6.45) is 3.28. The first-order chi connectivity index (χ1) is 13.6. The zero-order chi connectivity index (χ0) is 19.7. The first-order valence-electron chi connectivity index (χ1n) is 9.03. The smallest absolute Gasteiger partial charge is 0.230 e. The van der Waals surface area contributed by atoms with Crippen molar-refractivity contribution in [1.82, 2.24) is 9.97 Å². The molecule has 2 amide bonds. The number of nitrogens with one attached hydrogen (secondary N) is 1. The molecular weight excluding hydrogens is 376 g/mol. The van der Waals surface area contributed by atoms with Gasteiger partial charge in [0.25, 0.3) is 0 Å². The summed E-state index contributed by atoms with van der Waals surface area (Å²) in [4.78, 5) is 35.1. The fourth-order valence-electron chi connectivity index (χ4n) is 3.33. The maximum Gasteiger partial charge on any atom is 0.230 e. The van der Waals surface area contributed by atoms with Gasteiger partial charge in [0.05, 0.1) is 24.9 Å². The SMILES string of the molecule is COc1cccc2c(NC(=O)Cc3csc(N4CCCC4=O)n3)c(C)cnc12. The summed E-state index contributed by atoms with van der Waals surface area (Å²) in [6, 6.07) is 5.62. The monoisotopic (exact) mass is 396 g/mol. The Hall–Kier alpha value is -3.00. The van der Waals surface area contributed by atoms with Gasteiger partial charge in [0, 0.05) is 29.9 Å². The Labute approximate surface area is 166 Å². The van der Waals surface area contributed by atoms with Gasteiger partial charge in [0.2, 0.25) is 11.8 Å². The van der Waals surface area contributed by atoms with Crippen molar-refractivity contribution in [1.29, 1.82) is 0 Å². The average molecular weight is 396 g/mol. The number of methoxy groups -OCH3 is 1. The number of carbonyl (C=O) groups excluding carboxylic acids is 2. The lowest BCUT2D eigenvalue weighted by molar-refractivity contribution is -0.117. The topological polar surface area (TPSA) is 84.4 Å². The van der Waals surface area contributed by atoms with E-state index in [2.05, 4.69) is 15.3 Å². The lowest BCUT2D eigenvalue weighted by atomic mass is 10.1. The number of anilines is 2. The summed E-state index contributed by atoms with van der Waals surface area (Å²) in [5, 5.41) is 6.32. The van der Waals surface area contributed by atoms with Crippen molar-refractivity contribution in [3.05, 3.63) is 41.0 Å². The summed E-state index contributed by atoms with van der Waals surface area (Å²) in [5.41, 5.74) is 2.95. The number of ether oxygens (including phenoxy) is 1. The highest BCUT2D eigenvalue weighted by Crippen LogP contribution is 2.31. The molecule has 0 unspecified atom stereocenters. The van der Waals surface area contributed by atoms with Crippen LogP contribution in [0.15, 0.2) is 29.8 Å². The number of benzene rings is 1. The van der Waals surface area contributed by atoms with Crippen molar-refractivity contribution >= 4 is 44.9 Å². The number of aryl methyl sites for hydroxylation is 1. The number of pyridine rings is 1. The van der Waals surface area contributed by atoms with Crippen LogP contribution in [0.1, 0.15) is 24.1 Å². The van der Waals surface area contributed by atoms with Crippen molar-refractivity contribution in [2.75, 3.05) is 23.9 Å². The fraction of sp³-hybridized carbons (Fsp3) is 0.300. The molecule has 0 saturated carbocycles. The molecule has 8 heteroatoms. The molecule has 3 aromatic rings. The van der Waals surface area contributed by atoms with E-state index in [0.717, 1.165) is 23.1 Å². The number of nitrogens with zero attached hydrogens (tertiary/aromatic N) is 3. The predicted octanol–water partition coefficient (Wildman–Crippen LogP) is 3.32. The maximum atomic E-state index is 12.6. The number of aromatic nitrogens is 2. The maximum absolute atomic E-state index is 12.6. The Bertz CT molecular complexity index is 1060. The minimum atomic E-state index is -0.164. The van der Waals surface area contributed by atoms with Crippen LogP contribution in [0.3, 0.4) is 0 Å². The summed E-state index contributed by atoms with van der Waals surface area (Å²) >= 11 is 1.40. The average Bonchev–Trinajstić information content (AvgIpc) is 3.32. The molecular formula is C20H20N4O3S. The number of fused-ring (bicyclic) bond motifs is 1. The van der Waals surface area contributed by atoms with Gasteiger partial charge in [-0.2, -0.15) is 0 Å². The third-order valence-corrected chi connectivity index (χ3v) is 5.63. The Kier molecular flexibility index (Phi) is 4.95. The van der Waals surface area contributed by atoms with E-state index in [1.54, 1.807) is 18.2 Å². The first kappa shape index (κ1) is 18.4. The van der Waals surface area contributed by atoms with Crippen LogP contribution in [0.25, 0.3) is 10.9 Å². The van der Waals surface area contributed by atoms with Gasteiger partial charge in [-0.15, -0.1) is 11.3 Å². The van der Waals surface area contributed by atoms with Gasteiger partial charge in [-0.1, -0.05) is 12.1 Å². The zero-order valence-electron chi connectivity index (χ0n) is 15.7. The molecule has 1 aliphatic heterocycles. The molecule has 28 heavy (non-hydrogen) atoms. The molecule has 2 aromatic heterocycles. The third-order valence-electron chi connectivity index (χ3n) is 4.72. The van der Waals surface area contributed by atoms with Crippen LogP contribution in [0, 0.1) is 6.92 Å². The number of hydrogen-bond acceptors (Lipinski definition) is 6. The molecule has 0 spiro atoms. The van der Waals surface area contributed by atoms with E-state index >= 15 is 0 Å². The molecule has 1 fully saturated rings. The van der Waals surface area contributed by atoms with E-state index in [1.807, 2.05) is 30.5 Å². The van der Waals surface area contributed by atoms with Crippen molar-refractivity contribution in [3.8, 4) is 5.75 Å². The lowest BCUT2D eigenvalue weighted by Crippen LogP contribution is -2.23. The van der Waals surface area contributed by atoms with Crippen LogP contribution < -0.4 is 15.0 Å². The fourth-order valence-corrected chi connectivity index (χ4v) is 4.19. The lowest BCUT2D eigenvalue weighted by Gasteiger charge is -2.13. The molecule has 144 valence electrons. The normalized spacial score (nSPS) is 13.9. The van der Waals surface area contributed by atoms with Crippen LogP contribution in [0.4, 0.5) is 10.8 Å². The highest BCUT2D eigenvalue weighted by molar-refractivity contribution is 7.14. The standard InChI is InChI=1S/C20H20N4O3S/c1-12-10-21-19-14(5-3-6-15(19)27-2)18(12)23-16(25)9-13-11-28-20(22-13)24-8-4-7-17(24)26/h3,5-6,10-11H,4,7-9H2,1-2H3,(H,21,23,25). The molecule has 4 rings (SSSR count). The number of para-hydroxylation sites is 1. The van der Waals surface area contributed by atoms with Crippen molar-refractivity contribution in [2.45, 2.75) is 26.2 Å². The summed E-state index contributed by atoms with van der Waals surface area (Å²) in [7, 11) is 1.60. The number of thiazole rings is 1. The first-order valence-corrected chi connectivity index (χ1v) is 9.91. The Morgan fingerprint density at radius 3 is 3.00 bits per heavy atom. The molecule has 7 nitrogen and oxygen atoms in total. The Morgan fingerprint density at radius 1 is 1.39 bits per heavy atom. The van der Waals surface area contributed by atoms with Crippen LogP contribution in [-0.4, -0.2) is 35.4 Å². The van der Waals surface area contributed by atoms with Crippen LogP contribution in [0.5, 0.6) is 5.75 Å². The molecule has 1 aromatic carbocycles. The quantitative estimate of drug-likeness (QED) is 0.715. The van der Waals surface area contributed by atoms with Crippen molar-refractivity contribution in [2.24, 2.45) is 0 Å². The largest absolute Gasteiger partial charge is 0.494 e. The molecule has 1 saturated heterocycles. The molecule has 1 N–H and O–H groups in total. The Balaban J connectivity index is 1.54. The van der Waals surface area contributed by atoms with Gasteiger partial charge in [0.15, 0.2) is 5.13 Å². The molecule has 3 heterocycles. The molecule has 0 radical (unpaired) electrons. The van der Waals surface area contributed by atoms with Crippen LogP contribution >= 0.6 is 11.3 Å². The van der Waals surface area contributed by atoms with E-state index in [0.29, 0.717) is 35.1 Å². The highest BCUT2D eigenvalue weighted by Gasteiger charge is 2.24. The van der Waals surface area contributed by atoms with E-state index < -0.39 is 0 Å². The van der Waals surface area contributed by atoms with E-state index in [-0.39, 0.29) is 18.2 Å². The van der Waals surface area contributed by atoms with Crippen molar-refractivity contribution < 1.29 is 14.3 Å². The summed E-state index contributed by atoms with van der Waals surface area (Å²) < 4.78 is 5.37. The molecule has 1 aliphatic rings. The third kappa shape index (κ3) is 3.43. The van der Waals surface area contributed by atoms with Crippen LogP contribution in [-0.2, 0) is 16.0 Å². The predicted molar refractivity (Wildman–Crippen MR) is 109 cm³/mol. The minimum absolute atomic E-state index is 0.0955. The number of amides is 2. The number of carbonyl (C=O) groups is 2. The van der Waals surface area contributed by atoms with Gasteiger partial charge in [-0.25, -0.2) is 4.98 Å². The van der Waals surface area contributed by atoms with Gasteiger partial charge in [-0.3, -0.25) is 19.5 Å². The summed E-state index contributed by atoms with van der Waals surface area (Å²) in [5.74, 6) is 0.591. The van der Waals surface area contributed by atoms with Gasteiger partial charge < -0.3 is 10.1 Å². The second-order valence-corrected chi connectivity index (χ2v) is 7.50. The van der Waals surface area contributed by atoms with Gasteiger partial charge in [0.1, 0.15) is 11.3 Å². The van der Waals surface area contributed by atoms with E-state index in [9.17, 15) is 9.59 Å². The van der Waals surface area contributed by atoms with Crippen LogP contribution in [0.2, 0.25) is 0 Å². The van der Waals surface area contributed by atoms with Gasteiger partial charge in [-0.05, 0) is 25.0 Å². The van der Waals surface area contributed by atoms with Crippen molar-refractivity contribution in [3.63, 3.8) is 0 Å². The molecule has 0 bridgehead atoms. The zero-order valence-corrected chi connectivity index (χ0v) is 16.5. The summed E-state index contributed by atoms with van der Waals surface area (Å²) in [6.45, 7) is 2.60. The number of hydrogen-bond donors (Lipinski definition) is 1. The van der Waals surface area contributed by atoms with E-state index in [4.69, 9.17) is 4.74 Å². The highest BCUT2D eigenvalue weighted by atomic mass is 32.1. The second-order valence-electron chi connectivity index (χ2n) is 6.67. The molecule has 0 aliphatic carbocycles. The van der Waals surface area contributed by atoms with Gasteiger partial charge >= 0.3 is 0 Å². The Morgan fingerprint density at radius 2 is 2.25 bits per heavy atom. The minimum Gasteiger partial charge on any atom is -0.494 e.